The van der Waals surface area contributed by atoms with Crippen molar-refractivity contribution in [3.63, 3.8) is 0 Å². The summed E-state index contributed by atoms with van der Waals surface area (Å²) in [6, 6.07) is 0. The third-order valence-corrected chi connectivity index (χ3v) is 2.47. The molecule has 0 aliphatic heterocycles. The minimum atomic E-state index is 1.30. The Morgan fingerprint density at radius 1 is 0.500 bits per heavy atom. The van der Waals surface area contributed by atoms with Gasteiger partial charge in [0.2, 0.25) is 0 Å². The Hall–Kier alpha value is -0.260. The Morgan fingerprint density at radius 3 is 1.75 bits per heavy atom. The molecule has 0 saturated carbocycles. The Balaban J connectivity index is 2.10. The summed E-state index contributed by atoms with van der Waals surface area (Å²) in [5.74, 6) is 0. The second-order valence-electron chi connectivity index (χ2n) is 3.68. The summed E-state index contributed by atoms with van der Waals surface area (Å²) in [7, 11) is 0. The molecule has 0 aromatic heterocycles. The molecule has 1 rings (SSSR count). The Bertz CT molecular complexity index is 99.2. The van der Waals surface area contributed by atoms with E-state index in [1.54, 1.807) is 0 Å². The predicted octanol–water partition coefficient (Wildman–Crippen LogP) is 4.27. The average molecular weight is 165 g/mol. The van der Waals surface area contributed by atoms with Crippen LogP contribution >= 0.6 is 0 Å². The molecule has 0 bridgehead atoms. The highest BCUT2D eigenvalue weighted by atomic mass is 14.0. The third kappa shape index (κ3) is 5.40. The molecule has 0 aromatic carbocycles. The van der Waals surface area contributed by atoms with Gasteiger partial charge in [0.25, 0.3) is 0 Å². The van der Waals surface area contributed by atoms with Crippen molar-refractivity contribution in [2.24, 2.45) is 0 Å². The molecule has 0 N–H and O–H groups in total. The molecule has 0 nitrogen and oxygen atoms in total. The van der Waals surface area contributed by atoms with Crippen LogP contribution in [0.2, 0.25) is 0 Å². The van der Waals surface area contributed by atoms with Crippen molar-refractivity contribution in [1.82, 2.24) is 0 Å². The van der Waals surface area contributed by atoms with E-state index in [9.17, 15) is 0 Å². The van der Waals surface area contributed by atoms with Gasteiger partial charge in [-0.1, -0.05) is 44.3 Å². The van der Waals surface area contributed by atoms with Crippen molar-refractivity contribution < 1.29 is 0 Å². The molecule has 69 valence electrons. The predicted molar refractivity (Wildman–Crippen MR) is 55.0 cm³/mol. The lowest BCUT2D eigenvalue weighted by Gasteiger charge is -2.02. The van der Waals surface area contributed by atoms with Gasteiger partial charge in [0.1, 0.15) is 0 Å². The van der Waals surface area contributed by atoms with E-state index in [1.165, 1.54) is 57.8 Å². The quantitative estimate of drug-likeness (QED) is 0.470. The monoisotopic (exact) mass is 165 g/mol. The van der Waals surface area contributed by atoms with Gasteiger partial charge in [-0.25, -0.2) is 0 Å². The van der Waals surface area contributed by atoms with Crippen LogP contribution in [0.5, 0.6) is 0 Å². The number of hydrogen-bond acceptors (Lipinski definition) is 0. The van der Waals surface area contributed by atoms with E-state index in [0.29, 0.717) is 0 Å². The molecule has 0 saturated heterocycles. The summed E-state index contributed by atoms with van der Waals surface area (Å²) in [6.45, 7) is 0. The summed E-state index contributed by atoms with van der Waals surface area (Å²) >= 11 is 0. The molecule has 1 aliphatic carbocycles. The van der Waals surface area contributed by atoms with Crippen LogP contribution in [-0.4, -0.2) is 0 Å². The minimum Gasteiger partial charge on any atom is -0.0885 e. The van der Waals surface area contributed by atoms with Crippen molar-refractivity contribution in [1.29, 1.82) is 0 Å². The normalized spacial score (nSPS) is 25.3. The molecular weight excluding hydrogens is 144 g/mol. The fourth-order valence-corrected chi connectivity index (χ4v) is 1.66. The van der Waals surface area contributed by atoms with Gasteiger partial charge in [0.15, 0.2) is 0 Å². The number of allylic oxidation sites excluding steroid dienone is 2. The molecule has 0 atom stereocenters. The van der Waals surface area contributed by atoms with Crippen LogP contribution in [-0.2, 0) is 0 Å². The highest BCUT2D eigenvalue weighted by Gasteiger charge is 1.93. The lowest BCUT2D eigenvalue weighted by atomic mass is 10.0. The van der Waals surface area contributed by atoms with E-state index in [-0.39, 0.29) is 0 Å². The molecule has 12 heavy (non-hydrogen) atoms. The van der Waals surface area contributed by atoms with E-state index in [2.05, 4.69) is 18.6 Å². The fraction of sp³-hybridized carbons (Fsp3) is 0.750. The smallest absolute Gasteiger partial charge is 0.0351 e. The SMILES string of the molecule is [CH]1CCCC/C=C\CCCCC1. The summed E-state index contributed by atoms with van der Waals surface area (Å²) in [5.41, 5.74) is 0. The zero-order valence-electron chi connectivity index (χ0n) is 8.10. The second kappa shape index (κ2) is 7.39. The van der Waals surface area contributed by atoms with Gasteiger partial charge in [-0.3, -0.25) is 0 Å². The molecule has 0 aromatic rings. The van der Waals surface area contributed by atoms with Crippen molar-refractivity contribution >= 4 is 0 Å². The van der Waals surface area contributed by atoms with Crippen LogP contribution < -0.4 is 0 Å². The lowest BCUT2D eigenvalue weighted by Crippen LogP contribution is -1.83. The van der Waals surface area contributed by atoms with Gasteiger partial charge in [-0.15, -0.1) is 0 Å². The van der Waals surface area contributed by atoms with Gasteiger partial charge in [-0.05, 0) is 32.1 Å². The number of hydrogen-bond donors (Lipinski definition) is 0. The largest absolute Gasteiger partial charge is 0.0885 e. The molecule has 1 aliphatic rings. The van der Waals surface area contributed by atoms with Gasteiger partial charge in [0, 0.05) is 0 Å². The standard InChI is InChI=1S/C12H21/c1-2-4-6-8-10-12-11-9-7-5-3-1/h1-2,11H,3-10,12H2/b2-1-. The first kappa shape index (κ1) is 9.83. The number of rotatable bonds is 0. The molecule has 0 heterocycles. The minimum absolute atomic E-state index is 1.30. The Labute approximate surface area is 77.1 Å². The van der Waals surface area contributed by atoms with E-state index >= 15 is 0 Å². The first-order valence-electron chi connectivity index (χ1n) is 5.47. The van der Waals surface area contributed by atoms with Gasteiger partial charge in [-0.2, -0.15) is 0 Å². The van der Waals surface area contributed by atoms with Crippen molar-refractivity contribution in [3.05, 3.63) is 18.6 Å². The fourth-order valence-electron chi connectivity index (χ4n) is 1.66. The zero-order chi connectivity index (χ0) is 8.49. The Kier molecular flexibility index (Phi) is 6.05. The molecule has 0 heteroatoms. The zero-order valence-corrected chi connectivity index (χ0v) is 8.10. The van der Waals surface area contributed by atoms with Gasteiger partial charge < -0.3 is 0 Å². The highest BCUT2D eigenvalue weighted by molar-refractivity contribution is 4.82. The van der Waals surface area contributed by atoms with Crippen LogP contribution in [0.4, 0.5) is 0 Å². The van der Waals surface area contributed by atoms with E-state index in [0.717, 1.165) is 0 Å². The van der Waals surface area contributed by atoms with E-state index in [4.69, 9.17) is 0 Å². The van der Waals surface area contributed by atoms with Crippen LogP contribution in [0.1, 0.15) is 57.8 Å². The van der Waals surface area contributed by atoms with Crippen LogP contribution in [0.3, 0.4) is 0 Å². The first-order valence-corrected chi connectivity index (χ1v) is 5.47. The van der Waals surface area contributed by atoms with E-state index in [1.807, 2.05) is 0 Å². The summed E-state index contributed by atoms with van der Waals surface area (Å²) in [4.78, 5) is 0. The maximum atomic E-state index is 2.48. The van der Waals surface area contributed by atoms with Crippen LogP contribution in [0.25, 0.3) is 0 Å². The van der Waals surface area contributed by atoms with Gasteiger partial charge >= 0.3 is 0 Å². The summed E-state index contributed by atoms with van der Waals surface area (Å²) < 4.78 is 0. The van der Waals surface area contributed by atoms with Crippen molar-refractivity contribution in [2.75, 3.05) is 0 Å². The molecule has 0 amide bonds. The molecule has 0 spiro atoms. The van der Waals surface area contributed by atoms with Crippen molar-refractivity contribution in [2.45, 2.75) is 57.8 Å². The molecular formula is C12H21. The maximum Gasteiger partial charge on any atom is -0.0351 e. The highest BCUT2D eigenvalue weighted by Crippen LogP contribution is 2.11. The van der Waals surface area contributed by atoms with Crippen LogP contribution in [0, 0.1) is 6.42 Å². The molecule has 1 radical (unpaired) electrons. The third-order valence-electron chi connectivity index (χ3n) is 2.47. The average Bonchev–Trinajstić information content (AvgIpc) is 2.05. The van der Waals surface area contributed by atoms with Crippen molar-refractivity contribution in [3.8, 4) is 0 Å². The summed E-state index contributed by atoms with van der Waals surface area (Å²) in [5, 5.41) is 0. The van der Waals surface area contributed by atoms with Crippen LogP contribution in [0.15, 0.2) is 12.2 Å². The second-order valence-corrected chi connectivity index (χ2v) is 3.68. The molecule has 0 unspecified atom stereocenters. The maximum absolute atomic E-state index is 2.48. The topological polar surface area (TPSA) is 0 Å². The van der Waals surface area contributed by atoms with E-state index < -0.39 is 0 Å². The molecule has 0 fully saturated rings. The Morgan fingerprint density at radius 2 is 1.00 bits per heavy atom. The van der Waals surface area contributed by atoms with Gasteiger partial charge in [0.05, 0.1) is 0 Å². The lowest BCUT2D eigenvalue weighted by molar-refractivity contribution is 0.641. The first-order chi connectivity index (χ1) is 6.00. The summed E-state index contributed by atoms with van der Waals surface area (Å²) in [6.07, 6.45) is 19.5.